The van der Waals surface area contributed by atoms with E-state index in [-0.39, 0.29) is 11.9 Å². The first-order valence-corrected chi connectivity index (χ1v) is 5.04. The first-order chi connectivity index (χ1) is 6.29. The third kappa shape index (κ3) is 2.67. The molecule has 4 nitrogen and oxygen atoms in total. The van der Waals surface area contributed by atoms with Gasteiger partial charge in [0.15, 0.2) is 0 Å². The molecule has 1 rings (SSSR count). The molecule has 0 aromatic rings. The van der Waals surface area contributed by atoms with E-state index in [0.29, 0.717) is 0 Å². The van der Waals surface area contributed by atoms with Gasteiger partial charge in [-0.2, -0.15) is 0 Å². The Labute approximate surface area is 79.4 Å². The Kier molecular flexibility index (Phi) is 4.18. The van der Waals surface area contributed by atoms with Crippen LogP contribution in [0.25, 0.3) is 0 Å². The van der Waals surface area contributed by atoms with Crippen LogP contribution in [0.15, 0.2) is 0 Å². The molecular weight excluding hydrogens is 166 g/mol. The highest BCUT2D eigenvalue weighted by Crippen LogP contribution is 2.15. The van der Waals surface area contributed by atoms with Crippen molar-refractivity contribution >= 4 is 5.91 Å². The lowest BCUT2D eigenvalue weighted by Crippen LogP contribution is -2.48. The number of nitrogens with zero attached hydrogens (tertiary/aromatic N) is 1. The van der Waals surface area contributed by atoms with Crippen LogP contribution in [0.1, 0.15) is 32.6 Å². The molecule has 0 aromatic heterocycles. The van der Waals surface area contributed by atoms with Crippen molar-refractivity contribution in [2.75, 3.05) is 13.1 Å². The van der Waals surface area contributed by atoms with E-state index < -0.39 is 0 Å². The predicted octanol–water partition coefficient (Wildman–Crippen LogP) is 0.241. The van der Waals surface area contributed by atoms with Gasteiger partial charge < -0.3 is 0 Å². The number of hydrogen-bond acceptors (Lipinski definition) is 3. The lowest BCUT2D eigenvalue weighted by Gasteiger charge is -2.25. The molecule has 1 amide bonds. The van der Waals surface area contributed by atoms with E-state index in [4.69, 9.17) is 5.84 Å². The molecule has 0 saturated carbocycles. The minimum atomic E-state index is -0.0382. The molecule has 1 fully saturated rings. The molecule has 76 valence electrons. The zero-order chi connectivity index (χ0) is 9.68. The molecule has 1 aliphatic rings. The molecule has 1 aliphatic heterocycles. The van der Waals surface area contributed by atoms with Crippen LogP contribution in [0.2, 0.25) is 0 Å². The van der Waals surface area contributed by atoms with Gasteiger partial charge in [-0.15, -0.1) is 0 Å². The van der Waals surface area contributed by atoms with Gasteiger partial charge in [-0.05, 0) is 32.4 Å². The zero-order valence-electron chi connectivity index (χ0n) is 8.25. The first-order valence-electron chi connectivity index (χ1n) is 5.04. The number of carbonyl (C=O) groups is 1. The van der Waals surface area contributed by atoms with Crippen LogP contribution >= 0.6 is 0 Å². The van der Waals surface area contributed by atoms with Gasteiger partial charge in [0.05, 0.1) is 6.04 Å². The number of nitrogens with one attached hydrogen (secondary N) is 1. The average Bonchev–Trinajstić information content (AvgIpc) is 2.65. The molecule has 0 bridgehead atoms. The molecule has 1 saturated heterocycles. The van der Waals surface area contributed by atoms with Crippen molar-refractivity contribution in [3.63, 3.8) is 0 Å². The Morgan fingerprint density at radius 1 is 1.54 bits per heavy atom. The predicted molar refractivity (Wildman–Crippen MR) is 51.8 cm³/mol. The summed E-state index contributed by atoms with van der Waals surface area (Å²) in [5.74, 6) is 5.11. The summed E-state index contributed by atoms with van der Waals surface area (Å²) in [5.41, 5.74) is 2.25. The lowest BCUT2D eigenvalue weighted by molar-refractivity contribution is -0.126. The number of rotatable bonds is 4. The largest absolute Gasteiger partial charge is 0.293 e. The molecule has 0 radical (unpaired) electrons. The van der Waals surface area contributed by atoms with Gasteiger partial charge in [-0.3, -0.25) is 15.1 Å². The van der Waals surface area contributed by atoms with Gasteiger partial charge in [0, 0.05) is 0 Å². The maximum absolute atomic E-state index is 11.4. The van der Waals surface area contributed by atoms with E-state index in [0.717, 1.165) is 25.9 Å². The third-order valence-corrected chi connectivity index (χ3v) is 2.59. The number of amides is 1. The number of nitrogens with two attached hydrogens (primary N) is 1. The molecule has 0 unspecified atom stereocenters. The smallest absolute Gasteiger partial charge is 0.251 e. The molecule has 3 N–H and O–H groups in total. The van der Waals surface area contributed by atoms with Gasteiger partial charge in [0.25, 0.3) is 5.91 Å². The van der Waals surface area contributed by atoms with E-state index in [9.17, 15) is 4.79 Å². The maximum Gasteiger partial charge on any atom is 0.251 e. The fourth-order valence-electron chi connectivity index (χ4n) is 1.90. The van der Waals surface area contributed by atoms with E-state index in [2.05, 4.69) is 17.2 Å². The molecule has 13 heavy (non-hydrogen) atoms. The summed E-state index contributed by atoms with van der Waals surface area (Å²) in [6.45, 7) is 4.17. The molecule has 1 heterocycles. The third-order valence-electron chi connectivity index (χ3n) is 2.59. The second kappa shape index (κ2) is 5.19. The van der Waals surface area contributed by atoms with Crippen LogP contribution < -0.4 is 11.3 Å². The molecule has 0 aliphatic carbocycles. The molecule has 0 aromatic carbocycles. The fourth-order valence-corrected chi connectivity index (χ4v) is 1.90. The first kappa shape index (κ1) is 10.5. The van der Waals surface area contributed by atoms with E-state index >= 15 is 0 Å². The van der Waals surface area contributed by atoms with Crippen molar-refractivity contribution in [3.05, 3.63) is 0 Å². The monoisotopic (exact) mass is 185 g/mol. The van der Waals surface area contributed by atoms with Gasteiger partial charge >= 0.3 is 0 Å². The Bertz CT molecular complexity index is 166. The van der Waals surface area contributed by atoms with Crippen molar-refractivity contribution in [2.24, 2.45) is 5.84 Å². The van der Waals surface area contributed by atoms with E-state index in [1.165, 1.54) is 12.8 Å². The average molecular weight is 185 g/mol. The van der Waals surface area contributed by atoms with Crippen LogP contribution in [0.4, 0.5) is 0 Å². The normalized spacial score (nSPS) is 20.2. The highest BCUT2D eigenvalue weighted by molar-refractivity contribution is 5.81. The maximum atomic E-state index is 11.4. The molecular formula is C9H19N3O. The van der Waals surface area contributed by atoms with Crippen LogP contribution in [0.5, 0.6) is 0 Å². The quantitative estimate of drug-likeness (QED) is 0.375. The second-order valence-corrected chi connectivity index (χ2v) is 3.56. The molecule has 0 spiro atoms. The van der Waals surface area contributed by atoms with Crippen LogP contribution in [-0.2, 0) is 4.79 Å². The molecule has 1 atom stereocenters. The standard InChI is InChI=1S/C9H19N3O/c1-2-5-8(9(13)11-10)12-6-3-4-7-12/h8H,2-7,10H2,1H3,(H,11,13)/t8-/m0/s1. The summed E-state index contributed by atoms with van der Waals surface area (Å²) in [4.78, 5) is 13.6. The number of carbonyl (C=O) groups excluding carboxylic acids is 1. The summed E-state index contributed by atoms with van der Waals surface area (Å²) in [5, 5.41) is 0. The summed E-state index contributed by atoms with van der Waals surface area (Å²) in [6.07, 6.45) is 4.34. The van der Waals surface area contributed by atoms with Crippen molar-refractivity contribution in [3.8, 4) is 0 Å². The molecule has 4 heteroatoms. The topological polar surface area (TPSA) is 58.4 Å². The fraction of sp³-hybridized carbons (Fsp3) is 0.889. The van der Waals surface area contributed by atoms with Crippen LogP contribution in [-0.4, -0.2) is 29.9 Å². The van der Waals surface area contributed by atoms with E-state index in [1.54, 1.807) is 0 Å². The number of hydrazine groups is 1. The summed E-state index contributed by atoms with van der Waals surface area (Å²) >= 11 is 0. The van der Waals surface area contributed by atoms with Crippen LogP contribution in [0.3, 0.4) is 0 Å². The highest BCUT2D eigenvalue weighted by Gasteiger charge is 2.26. The van der Waals surface area contributed by atoms with Gasteiger partial charge in [0.1, 0.15) is 0 Å². The van der Waals surface area contributed by atoms with Crippen molar-refractivity contribution in [2.45, 2.75) is 38.6 Å². The minimum Gasteiger partial charge on any atom is -0.293 e. The zero-order valence-corrected chi connectivity index (χ0v) is 8.25. The number of hydrogen-bond donors (Lipinski definition) is 2. The second-order valence-electron chi connectivity index (χ2n) is 3.56. The van der Waals surface area contributed by atoms with Gasteiger partial charge in [0.2, 0.25) is 0 Å². The minimum absolute atomic E-state index is 0.00231. The highest BCUT2D eigenvalue weighted by atomic mass is 16.2. The van der Waals surface area contributed by atoms with Gasteiger partial charge in [-0.1, -0.05) is 13.3 Å². The Balaban J connectivity index is 2.49. The van der Waals surface area contributed by atoms with E-state index in [1.807, 2.05) is 0 Å². The summed E-state index contributed by atoms with van der Waals surface area (Å²) in [6, 6.07) is -0.00231. The number of likely N-dealkylation sites (tertiary alicyclic amines) is 1. The van der Waals surface area contributed by atoms with Gasteiger partial charge in [-0.25, -0.2) is 5.84 Å². The SMILES string of the molecule is CCC[C@@H](C(=O)NN)N1CCCC1. The van der Waals surface area contributed by atoms with Crippen molar-refractivity contribution in [1.29, 1.82) is 0 Å². The Hall–Kier alpha value is -0.610. The van der Waals surface area contributed by atoms with Crippen molar-refractivity contribution in [1.82, 2.24) is 10.3 Å². The summed E-state index contributed by atoms with van der Waals surface area (Å²) in [7, 11) is 0. The van der Waals surface area contributed by atoms with Crippen LogP contribution in [0, 0.1) is 0 Å². The Morgan fingerprint density at radius 3 is 2.62 bits per heavy atom. The lowest BCUT2D eigenvalue weighted by atomic mass is 10.1. The Morgan fingerprint density at radius 2 is 2.15 bits per heavy atom. The van der Waals surface area contributed by atoms with Crippen molar-refractivity contribution < 1.29 is 4.79 Å². The summed E-state index contributed by atoms with van der Waals surface area (Å²) < 4.78 is 0.